The van der Waals surface area contributed by atoms with Gasteiger partial charge in [-0.05, 0) is 25.0 Å². The van der Waals surface area contributed by atoms with Crippen LogP contribution in [0.1, 0.15) is 26.2 Å². The van der Waals surface area contributed by atoms with E-state index in [1.54, 1.807) is 44.4 Å². The predicted molar refractivity (Wildman–Crippen MR) is 92.3 cm³/mol. The zero-order valence-electron chi connectivity index (χ0n) is 14.8. The summed E-state index contributed by atoms with van der Waals surface area (Å²) in [5, 5.41) is 2.85. The monoisotopic (exact) mass is 334 g/mol. The quantitative estimate of drug-likeness (QED) is 0.793. The minimum Gasteiger partial charge on any atom is -0.497 e. The van der Waals surface area contributed by atoms with Crippen molar-refractivity contribution in [2.45, 2.75) is 26.2 Å². The van der Waals surface area contributed by atoms with Crippen LogP contribution >= 0.6 is 0 Å². The largest absolute Gasteiger partial charge is 0.497 e. The maximum Gasteiger partial charge on any atom is 0.228 e. The Morgan fingerprint density at radius 1 is 1.25 bits per heavy atom. The Labute approximate surface area is 143 Å². The third-order valence-electron chi connectivity index (χ3n) is 4.33. The molecule has 0 radical (unpaired) electrons. The molecule has 1 fully saturated rings. The number of ether oxygens (including phenoxy) is 2. The molecule has 1 aliphatic rings. The number of carbonyl (C=O) groups is 2. The first-order chi connectivity index (χ1) is 11.5. The normalized spacial score (nSPS) is 18.7. The molecule has 0 spiro atoms. The average molecular weight is 334 g/mol. The van der Waals surface area contributed by atoms with E-state index in [-0.39, 0.29) is 23.7 Å². The van der Waals surface area contributed by atoms with Gasteiger partial charge >= 0.3 is 0 Å². The van der Waals surface area contributed by atoms with Crippen LogP contribution in [0.5, 0.6) is 11.5 Å². The van der Waals surface area contributed by atoms with Gasteiger partial charge in [0.05, 0.1) is 31.7 Å². The van der Waals surface area contributed by atoms with Crippen molar-refractivity contribution in [1.82, 2.24) is 4.90 Å². The Morgan fingerprint density at radius 2 is 2.00 bits per heavy atom. The van der Waals surface area contributed by atoms with Gasteiger partial charge < -0.3 is 19.7 Å². The molecule has 0 heterocycles. The summed E-state index contributed by atoms with van der Waals surface area (Å²) >= 11 is 0. The fraction of sp³-hybridized carbons (Fsp3) is 0.556. The molecule has 1 saturated carbocycles. The van der Waals surface area contributed by atoms with Gasteiger partial charge in [0.1, 0.15) is 11.5 Å². The number of benzene rings is 1. The molecule has 0 aliphatic heterocycles. The molecule has 1 aliphatic carbocycles. The SMILES string of the molecule is CCCCN(C)C(=O)C1CC1C(=O)Nc1cc(OC)ccc1OC. The van der Waals surface area contributed by atoms with Crippen molar-refractivity contribution in [2.75, 3.05) is 33.1 Å². The Kier molecular flexibility index (Phi) is 6.06. The van der Waals surface area contributed by atoms with Crippen LogP contribution in [0.15, 0.2) is 18.2 Å². The summed E-state index contributed by atoms with van der Waals surface area (Å²) in [5.74, 6) is 0.632. The van der Waals surface area contributed by atoms with E-state index in [1.165, 1.54) is 0 Å². The van der Waals surface area contributed by atoms with E-state index in [4.69, 9.17) is 9.47 Å². The van der Waals surface area contributed by atoms with Crippen LogP contribution in [-0.4, -0.2) is 44.5 Å². The summed E-state index contributed by atoms with van der Waals surface area (Å²) in [7, 11) is 4.91. The average Bonchev–Trinajstić information content (AvgIpc) is 3.39. The highest BCUT2D eigenvalue weighted by atomic mass is 16.5. The van der Waals surface area contributed by atoms with Gasteiger partial charge in [0.2, 0.25) is 11.8 Å². The van der Waals surface area contributed by atoms with Crippen LogP contribution < -0.4 is 14.8 Å². The van der Waals surface area contributed by atoms with Gasteiger partial charge in [-0.1, -0.05) is 13.3 Å². The number of hydrogen-bond acceptors (Lipinski definition) is 4. The number of carbonyl (C=O) groups excluding carboxylic acids is 2. The number of anilines is 1. The lowest BCUT2D eigenvalue weighted by molar-refractivity contribution is -0.132. The summed E-state index contributed by atoms with van der Waals surface area (Å²) in [5.41, 5.74) is 0.555. The summed E-state index contributed by atoms with van der Waals surface area (Å²) in [6, 6.07) is 5.21. The molecule has 0 saturated heterocycles. The van der Waals surface area contributed by atoms with Crippen molar-refractivity contribution in [1.29, 1.82) is 0 Å². The third kappa shape index (κ3) is 4.19. The van der Waals surface area contributed by atoms with Crippen LogP contribution in [0.4, 0.5) is 5.69 Å². The fourth-order valence-corrected chi connectivity index (χ4v) is 2.68. The first kappa shape index (κ1) is 18.1. The number of rotatable bonds is 8. The Hall–Kier alpha value is -2.24. The molecule has 1 N–H and O–H groups in total. The second-order valence-corrected chi connectivity index (χ2v) is 6.12. The van der Waals surface area contributed by atoms with E-state index >= 15 is 0 Å². The summed E-state index contributed by atoms with van der Waals surface area (Å²) in [4.78, 5) is 26.4. The zero-order chi connectivity index (χ0) is 17.7. The van der Waals surface area contributed by atoms with Crippen molar-refractivity contribution in [2.24, 2.45) is 11.8 Å². The number of nitrogens with zero attached hydrogens (tertiary/aromatic N) is 1. The minimum absolute atomic E-state index is 0.0567. The van der Waals surface area contributed by atoms with Gasteiger partial charge in [0.15, 0.2) is 0 Å². The summed E-state index contributed by atoms with van der Waals surface area (Å²) in [6.07, 6.45) is 2.63. The molecule has 1 aromatic carbocycles. The van der Waals surface area contributed by atoms with Crippen molar-refractivity contribution in [3.8, 4) is 11.5 Å². The second-order valence-electron chi connectivity index (χ2n) is 6.12. The second kappa shape index (κ2) is 8.04. The number of hydrogen-bond donors (Lipinski definition) is 1. The van der Waals surface area contributed by atoms with Gasteiger partial charge in [-0.15, -0.1) is 0 Å². The molecule has 2 amide bonds. The molecule has 0 bridgehead atoms. The Bertz CT molecular complexity index is 603. The zero-order valence-corrected chi connectivity index (χ0v) is 14.8. The van der Waals surface area contributed by atoms with Crippen molar-refractivity contribution in [3.63, 3.8) is 0 Å². The number of methoxy groups -OCH3 is 2. The molecule has 1 aromatic rings. The molecule has 132 valence electrons. The van der Waals surface area contributed by atoms with Crippen molar-refractivity contribution >= 4 is 17.5 Å². The van der Waals surface area contributed by atoms with E-state index < -0.39 is 0 Å². The first-order valence-corrected chi connectivity index (χ1v) is 8.29. The van der Waals surface area contributed by atoms with E-state index in [0.717, 1.165) is 19.4 Å². The molecule has 6 nitrogen and oxygen atoms in total. The lowest BCUT2D eigenvalue weighted by Crippen LogP contribution is -2.30. The Morgan fingerprint density at radius 3 is 2.62 bits per heavy atom. The summed E-state index contributed by atoms with van der Waals surface area (Å²) in [6.45, 7) is 2.83. The minimum atomic E-state index is -0.266. The van der Waals surface area contributed by atoms with Gasteiger partial charge in [-0.3, -0.25) is 9.59 Å². The molecule has 0 aromatic heterocycles. The van der Waals surface area contributed by atoms with E-state index in [9.17, 15) is 9.59 Å². The van der Waals surface area contributed by atoms with Crippen LogP contribution in [-0.2, 0) is 9.59 Å². The fourth-order valence-electron chi connectivity index (χ4n) is 2.68. The highest BCUT2D eigenvalue weighted by molar-refractivity contribution is 6.00. The topological polar surface area (TPSA) is 67.9 Å². The van der Waals surface area contributed by atoms with E-state index in [2.05, 4.69) is 12.2 Å². The van der Waals surface area contributed by atoms with Crippen LogP contribution in [0.3, 0.4) is 0 Å². The van der Waals surface area contributed by atoms with Gasteiger partial charge in [0, 0.05) is 19.7 Å². The predicted octanol–water partition coefficient (Wildman–Crippen LogP) is 2.54. The molecule has 24 heavy (non-hydrogen) atoms. The maximum atomic E-state index is 12.4. The Balaban J connectivity index is 1.96. The molecule has 2 unspecified atom stereocenters. The standard InChI is InChI=1S/C18H26N2O4/c1-5-6-9-20(2)18(22)14-11-13(14)17(21)19-15-10-12(23-3)7-8-16(15)24-4/h7-8,10,13-14H,5-6,9,11H2,1-4H3,(H,19,21). The number of nitrogens with one attached hydrogen (secondary N) is 1. The van der Waals surface area contributed by atoms with Gasteiger partial charge in [0.25, 0.3) is 0 Å². The van der Waals surface area contributed by atoms with Crippen LogP contribution in [0, 0.1) is 11.8 Å². The highest BCUT2D eigenvalue weighted by Gasteiger charge is 2.49. The van der Waals surface area contributed by atoms with Crippen LogP contribution in [0.2, 0.25) is 0 Å². The molecular weight excluding hydrogens is 308 g/mol. The number of amides is 2. The molecule has 2 rings (SSSR count). The summed E-state index contributed by atoms with van der Waals surface area (Å²) < 4.78 is 10.4. The molecule has 2 atom stereocenters. The van der Waals surface area contributed by atoms with Crippen molar-refractivity contribution < 1.29 is 19.1 Å². The number of unbranched alkanes of at least 4 members (excludes halogenated alkanes) is 1. The van der Waals surface area contributed by atoms with Gasteiger partial charge in [-0.2, -0.15) is 0 Å². The van der Waals surface area contributed by atoms with Gasteiger partial charge in [-0.25, -0.2) is 0 Å². The molecular formula is C18H26N2O4. The van der Waals surface area contributed by atoms with Crippen molar-refractivity contribution in [3.05, 3.63) is 18.2 Å². The van der Waals surface area contributed by atoms with E-state index in [0.29, 0.717) is 23.6 Å². The third-order valence-corrected chi connectivity index (χ3v) is 4.33. The lowest BCUT2D eigenvalue weighted by Gasteiger charge is -2.16. The smallest absolute Gasteiger partial charge is 0.228 e. The maximum absolute atomic E-state index is 12.4. The molecule has 6 heteroatoms. The van der Waals surface area contributed by atoms with E-state index in [1.807, 2.05) is 0 Å². The highest BCUT2D eigenvalue weighted by Crippen LogP contribution is 2.41. The van der Waals surface area contributed by atoms with Crippen LogP contribution in [0.25, 0.3) is 0 Å². The first-order valence-electron chi connectivity index (χ1n) is 8.29. The lowest BCUT2D eigenvalue weighted by atomic mass is 10.2.